The van der Waals surface area contributed by atoms with Crippen molar-refractivity contribution in [2.24, 2.45) is 0 Å². The fourth-order valence-electron chi connectivity index (χ4n) is 2.42. The average Bonchev–Trinajstić information content (AvgIpc) is 2.59. The van der Waals surface area contributed by atoms with E-state index in [1.165, 1.54) is 37.3 Å². The molecule has 2 aromatic carbocycles. The van der Waals surface area contributed by atoms with E-state index in [1.54, 1.807) is 0 Å². The van der Waals surface area contributed by atoms with Crippen molar-refractivity contribution < 1.29 is 22.4 Å². The van der Waals surface area contributed by atoms with E-state index >= 15 is 0 Å². The maximum atomic E-state index is 12.9. The zero-order chi connectivity index (χ0) is 20.9. The van der Waals surface area contributed by atoms with E-state index < -0.39 is 38.5 Å². The van der Waals surface area contributed by atoms with Crippen molar-refractivity contribution in [3.05, 3.63) is 58.3 Å². The highest BCUT2D eigenvalue weighted by Crippen LogP contribution is 2.26. The Morgan fingerprint density at radius 2 is 1.71 bits per heavy atom. The maximum absolute atomic E-state index is 12.9. The zero-order valence-corrected chi connectivity index (χ0v) is 17.0. The fraction of sp³-hybridized carbons (Fsp3) is 0.222. The second-order valence-corrected chi connectivity index (χ2v) is 8.90. The predicted molar refractivity (Wildman–Crippen MR) is 108 cm³/mol. The van der Waals surface area contributed by atoms with E-state index in [2.05, 4.69) is 10.6 Å². The van der Waals surface area contributed by atoms with Crippen LogP contribution in [0.15, 0.2) is 42.5 Å². The van der Waals surface area contributed by atoms with Crippen LogP contribution in [0.25, 0.3) is 0 Å². The summed E-state index contributed by atoms with van der Waals surface area (Å²) in [7, 11) is -4.11. The van der Waals surface area contributed by atoms with E-state index in [1.807, 2.05) is 0 Å². The molecule has 0 aliphatic heterocycles. The molecule has 0 fully saturated rings. The summed E-state index contributed by atoms with van der Waals surface area (Å²) in [4.78, 5) is 24.5. The first kappa shape index (κ1) is 22.1. The average molecular weight is 447 g/mol. The van der Waals surface area contributed by atoms with Gasteiger partial charge < -0.3 is 10.6 Å². The van der Waals surface area contributed by atoms with Crippen molar-refractivity contribution in [1.29, 1.82) is 0 Å². The molecule has 0 saturated carbocycles. The largest absolute Gasteiger partial charge is 0.325 e. The Bertz CT molecular complexity index is 982. The molecule has 0 spiro atoms. The molecule has 2 N–H and O–H groups in total. The van der Waals surface area contributed by atoms with Gasteiger partial charge in [0, 0.05) is 10.7 Å². The van der Waals surface area contributed by atoms with Crippen LogP contribution in [0.2, 0.25) is 10.0 Å². The summed E-state index contributed by atoms with van der Waals surface area (Å²) in [6, 6.07) is 9.20. The number of sulfone groups is 1. The summed E-state index contributed by atoms with van der Waals surface area (Å²) in [5.74, 6) is -3.03. The van der Waals surface area contributed by atoms with Gasteiger partial charge in [-0.15, -0.1) is 0 Å². The molecular formula is C18H17Cl2FN2O4S. The standard InChI is InChI=1S/C18H17Cl2FN2O4S/c1-2-16(18(25)23-15-8-3-11(19)9-14(15)20)28(26,27)10-17(24)22-13-6-4-12(21)5-7-13/h3-9,16H,2,10H2,1H3,(H,22,24)(H,23,25). The van der Waals surface area contributed by atoms with Gasteiger partial charge in [-0.3, -0.25) is 9.59 Å². The quantitative estimate of drug-likeness (QED) is 0.674. The lowest BCUT2D eigenvalue weighted by Gasteiger charge is -2.16. The number of nitrogens with one attached hydrogen (secondary N) is 2. The van der Waals surface area contributed by atoms with Gasteiger partial charge in [0.05, 0.1) is 10.7 Å². The van der Waals surface area contributed by atoms with Gasteiger partial charge in [0.15, 0.2) is 9.84 Å². The van der Waals surface area contributed by atoms with Crippen molar-refractivity contribution in [3.63, 3.8) is 0 Å². The topological polar surface area (TPSA) is 92.3 Å². The van der Waals surface area contributed by atoms with Crippen LogP contribution in [0.4, 0.5) is 15.8 Å². The van der Waals surface area contributed by atoms with Crippen LogP contribution in [-0.4, -0.2) is 31.2 Å². The van der Waals surface area contributed by atoms with E-state index in [0.717, 1.165) is 12.1 Å². The summed E-state index contributed by atoms with van der Waals surface area (Å²) in [5.41, 5.74) is 0.451. The molecule has 0 radical (unpaired) electrons. The fourth-order valence-corrected chi connectivity index (χ4v) is 4.41. The maximum Gasteiger partial charge on any atom is 0.242 e. The minimum atomic E-state index is -4.11. The van der Waals surface area contributed by atoms with Crippen LogP contribution in [0.1, 0.15) is 13.3 Å². The molecule has 150 valence electrons. The molecule has 10 heteroatoms. The smallest absolute Gasteiger partial charge is 0.242 e. The molecule has 0 aliphatic carbocycles. The Morgan fingerprint density at radius 3 is 2.29 bits per heavy atom. The highest BCUT2D eigenvalue weighted by atomic mass is 35.5. The van der Waals surface area contributed by atoms with Gasteiger partial charge in [-0.25, -0.2) is 12.8 Å². The van der Waals surface area contributed by atoms with E-state index in [0.29, 0.717) is 5.02 Å². The number of amides is 2. The molecule has 1 atom stereocenters. The molecule has 2 aromatic rings. The first-order valence-corrected chi connectivity index (χ1v) is 10.6. The van der Waals surface area contributed by atoms with Gasteiger partial charge >= 0.3 is 0 Å². The molecule has 28 heavy (non-hydrogen) atoms. The number of benzene rings is 2. The third-order valence-corrected chi connectivity index (χ3v) is 6.37. The SMILES string of the molecule is CCC(C(=O)Nc1ccc(Cl)cc1Cl)S(=O)(=O)CC(=O)Nc1ccc(F)cc1. The van der Waals surface area contributed by atoms with Crippen molar-refractivity contribution in [3.8, 4) is 0 Å². The van der Waals surface area contributed by atoms with Crippen LogP contribution in [0.3, 0.4) is 0 Å². The molecule has 0 bridgehead atoms. The number of carbonyl (C=O) groups is 2. The third-order valence-electron chi connectivity index (χ3n) is 3.75. The molecule has 6 nitrogen and oxygen atoms in total. The monoisotopic (exact) mass is 446 g/mol. The third kappa shape index (κ3) is 5.92. The van der Waals surface area contributed by atoms with Gasteiger partial charge in [-0.2, -0.15) is 0 Å². The van der Waals surface area contributed by atoms with Gasteiger partial charge in [-0.1, -0.05) is 30.1 Å². The van der Waals surface area contributed by atoms with E-state index in [9.17, 15) is 22.4 Å². The Labute approximate surface area is 171 Å². The second kappa shape index (κ2) is 9.36. The van der Waals surface area contributed by atoms with Crippen LogP contribution in [0, 0.1) is 5.82 Å². The normalized spacial score (nSPS) is 12.3. The van der Waals surface area contributed by atoms with Crippen LogP contribution < -0.4 is 10.6 Å². The molecule has 2 amide bonds. The van der Waals surface area contributed by atoms with Crippen molar-refractivity contribution >= 4 is 56.2 Å². The molecule has 0 aromatic heterocycles. The van der Waals surface area contributed by atoms with Crippen molar-refractivity contribution in [2.45, 2.75) is 18.6 Å². The Morgan fingerprint density at radius 1 is 1.07 bits per heavy atom. The molecule has 0 aliphatic rings. The van der Waals surface area contributed by atoms with Crippen molar-refractivity contribution in [2.75, 3.05) is 16.4 Å². The second-order valence-electron chi connectivity index (χ2n) is 5.87. The molecule has 1 unspecified atom stereocenters. The number of rotatable bonds is 7. The predicted octanol–water partition coefficient (Wildman–Crippen LogP) is 3.90. The molecule has 2 rings (SSSR count). The Hall–Kier alpha value is -2.16. The summed E-state index contributed by atoms with van der Waals surface area (Å²) in [5, 5.41) is 3.87. The van der Waals surface area contributed by atoms with Crippen LogP contribution in [-0.2, 0) is 19.4 Å². The highest BCUT2D eigenvalue weighted by molar-refractivity contribution is 7.93. The summed E-state index contributed by atoms with van der Waals surface area (Å²) >= 11 is 11.8. The van der Waals surface area contributed by atoms with Gasteiger partial charge in [0.25, 0.3) is 0 Å². The van der Waals surface area contributed by atoms with E-state index in [-0.39, 0.29) is 22.8 Å². The van der Waals surface area contributed by atoms with E-state index in [4.69, 9.17) is 23.2 Å². The molecule has 0 saturated heterocycles. The lowest BCUT2D eigenvalue weighted by atomic mass is 10.2. The molecular weight excluding hydrogens is 430 g/mol. The lowest BCUT2D eigenvalue weighted by Crippen LogP contribution is -2.39. The summed E-state index contributed by atoms with van der Waals surface area (Å²) in [6.45, 7) is 1.52. The number of anilines is 2. The van der Waals surface area contributed by atoms with Gasteiger partial charge in [-0.05, 0) is 48.9 Å². The lowest BCUT2D eigenvalue weighted by molar-refractivity contribution is -0.115. The Balaban J connectivity index is 2.08. The number of hydrogen-bond donors (Lipinski definition) is 2. The minimum absolute atomic E-state index is 0.0385. The Kier molecular flexibility index (Phi) is 7.40. The van der Waals surface area contributed by atoms with Crippen molar-refractivity contribution in [1.82, 2.24) is 0 Å². The van der Waals surface area contributed by atoms with Gasteiger partial charge in [0.2, 0.25) is 11.8 Å². The zero-order valence-electron chi connectivity index (χ0n) is 14.7. The first-order valence-electron chi connectivity index (χ1n) is 8.15. The number of halogens is 3. The van der Waals surface area contributed by atoms with Crippen LogP contribution in [0.5, 0.6) is 0 Å². The van der Waals surface area contributed by atoms with Gasteiger partial charge in [0.1, 0.15) is 16.8 Å². The molecule has 0 heterocycles. The first-order chi connectivity index (χ1) is 13.1. The summed E-state index contributed by atoms with van der Waals surface area (Å²) in [6.07, 6.45) is -0.0385. The van der Waals surface area contributed by atoms with Crippen LogP contribution >= 0.6 is 23.2 Å². The number of carbonyl (C=O) groups excluding carboxylic acids is 2. The summed E-state index contributed by atoms with van der Waals surface area (Å²) < 4.78 is 38.0. The highest BCUT2D eigenvalue weighted by Gasteiger charge is 2.33. The minimum Gasteiger partial charge on any atom is -0.325 e. The number of hydrogen-bond acceptors (Lipinski definition) is 4.